The molecule has 0 spiro atoms. The number of aryl methyl sites for hydroxylation is 1. The smallest absolute Gasteiger partial charge is 0.254 e. The molecule has 7 heteroatoms. The van der Waals surface area contributed by atoms with Crippen molar-refractivity contribution in [2.45, 2.75) is 31.2 Å². The van der Waals surface area contributed by atoms with Gasteiger partial charge in [-0.25, -0.2) is 8.51 Å². The zero-order valence-corrected chi connectivity index (χ0v) is 23.6. The van der Waals surface area contributed by atoms with E-state index in [0.29, 0.717) is 34.3 Å². The molecule has 0 saturated carbocycles. The Labute approximate surface area is 233 Å². The Morgan fingerprint density at radius 1 is 0.769 bits per heavy atom. The summed E-state index contributed by atoms with van der Waals surface area (Å²) in [6.45, 7) is 4.48. The molecular weight excluding hydrogens is 508 g/mol. The van der Waals surface area contributed by atoms with Gasteiger partial charge in [0.15, 0.2) is 0 Å². The molecule has 4 aromatic carbocycles. The van der Waals surface area contributed by atoms with Gasteiger partial charge in [0.2, 0.25) is 0 Å². The fraction of sp³-hybridized carbons (Fsp3) is 0.219. The first-order valence-corrected chi connectivity index (χ1v) is 14.0. The number of amides is 1. The van der Waals surface area contributed by atoms with Crippen molar-refractivity contribution in [3.8, 4) is 11.5 Å². The number of methoxy groups -OCH3 is 2. The predicted molar refractivity (Wildman–Crippen MR) is 157 cm³/mol. The van der Waals surface area contributed by atoms with E-state index in [1.807, 2.05) is 117 Å². The summed E-state index contributed by atoms with van der Waals surface area (Å²) in [5.41, 5.74) is 3.19. The third-order valence-corrected chi connectivity index (χ3v) is 7.89. The topological polar surface area (TPSA) is 59.1 Å². The highest BCUT2D eigenvalue weighted by Gasteiger charge is 2.36. The number of hydrogen-bond donors (Lipinski definition) is 0. The molecule has 0 radical (unpaired) electrons. The van der Waals surface area contributed by atoms with Crippen molar-refractivity contribution in [1.29, 1.82) is 0 Å². The standard InChI is InChI=1S/C32H34N2O4S/c1-5-23-33(39(36)30-21-11-24(2)12-22-30)31(25-9-7-6-8-10-25)32(35)34(26-13-17-28(37-3)18-14-26)27-15-19-29(38-4)20-16-27/h6-22,31H,5,23H2,1-4H3. The minimum Gasteiger partial charge on any atom is -0.497 e. The van der Waals surface area contributed by atoms with E-state index >= 15 is 0 Å². The van der Waals surface area contributed by atoms with Gasteiger partial charge < -0.3 is 9.47 Å². The average Bonchev–Trinajstić information content (AvgIpc) is 2.98. The molecule has 1 amide bonds. The number of carbonyl (C=O) groups excluding carboxylic acids is 1. The largest absolute Gasteiger partial charge is 0.497 e. The molecule has 0 aliphatic carbocycles. The maximum atomic E-state index is 14.7. The first kappa shape index (κ1) is 28.1. The molecule has 39 heavy (non-hydrogen) atoms. The van der Waals surface area contributed by atoms with Crippen LogP contribution in [0.3, 0.4) is 0 Å². The highest BCUT2D eigenvalue weighted by molar-refractivity contribution is 7.82. The number of nitrogens with zero attached hydrogens (tertiary/aromatic N) is 2. The highest BCUT2D eigenvalue weighted by Crippen LogP contribution is 2.35. The average molecular weight is 543 g/mol. The first-order chi connectivity index (χ1) is 19.0. The van der Waals surface area contributed by atoms with Gasteiger partial charge in [-0.1, -0.05) is 55.0 Å². The minimum atomic E-state index is -1.57. The van der Waals surface area contributed by atoms with Crippen molar-refractivity contribution in [3.63, 3.8) is 0 Å². The van der Waals surface area contributed by atoms with Gasteiger partial charge in [0, 0.05) is 17.9 Å². The summed E-state index contributed by atoms with van der Waals surface area (Å²) >= 11 is 0. The molecule has 6 nitrogen and oxygen atoms in total. The van der Waals surface area contributed by atoms with Crippen LogP contribution in [0.1, 0.15) is 30.5 Å². The van der Waals surface area contributed by atoms with Crippen LogP contribution in [-0.2, 0) is 15.8 Å². The van der Waals surface area contributed by atoms with Crippen LogP contribution in [0.5, 0.6) is 11.5 Å². The molecular formula is C32H34N2O4S. The SMILES string of the molecule is CCCN(C(C(=O)N(c1ccc(OC)cc1)c1ccc(OC)cc1)c1ccccc1)S(=O)c1ccc(C)cc1. The Hall–Kier alpha value is -3.94. The summed E-state index contributed by atoms with van der Waals surface area (Å²) in [6, 6.07) is 31.1. The van der Waals surface area contributed by atoms with Crippen LogP contribution in [0.2, 0.25) is 0 Å². The molecule has 0 fully saturated rings. The second kappa shape index (κ2) is 13.2. The Balaban J connectivity index is 1.86. The molecule has 0 heterocycles. The Bertz CT molecular complexity index is 1330. The molecule has 4 rings (SSSR count). The van der Waals surface area contributed by atoms with Gasteiger partial charge >= 0.3 is 0 Å². The third-order valence-electron chi connectivity index (χ3n) is 6.40. The van der Waals surface area contributed by atoms with Crippen molar-refractivity contribution in [1.82, 2.24) is 4.31 Å². The molecule has 0 saturated heterocycles. The fourth-order valence-electron chi connectivity index (χ4n) is 4.37. The van der Waals surface area contributed by atoms with Crippen molar-refractivity contribution in [3.05, 3.63) is 114 Å². The van der Waals surface area contributed by atoms with Gasteiger partial charge in [0.25, 0.3) is 5.91 Å². The van der Waals surface area contributed by atoms with E-state index in [9.17, 15) is 9.00 Å². The molecule has 202 valence electrons. The van der Waals surface area contributed by atoms with Crippen molar-refractivity contribution < 1.29 is 18.5 Å². The van der Waals surface area contributed by atoms with E-state index in [0.717, 1.165) is 17.5 Å². The number of carbonyl (C=O) groups is 1. The number of ether oxygens (including phenoxy) is 2. The van der Waals surface area contributed by atoms with Gasteiger partial charge in [-0.05, 0) is 79.6 Å². The van der Waals surface area contributed by atoms with Crippen LogP contribution < -0.4 is 14.4 Å². The molecule has 0 aromatic heterocycles. The van der Waals surface area contributed by atoms with Crippen LogP contribution in [0.15, 0.2) is 108 Å². The lowest BCUT2D eigenvalue weighted by atomic mass is 10.0. The second-order valence-electron chi connectivity index (χ2n) is 9.09. The van der Waals surface area contributed by atoms with E-state index < -0.39 is 17.0 Å². The van der Waals surface area contributed by atoms with Crippen molar-refractivity contribution in [2.75, 3.05) is 25.7 Å². The second-order valence-corrected chi connectivity index (χ2v) is 10.5. The summed E-state index contributed by atoms with van der Waals surface area (Å²) in [6.07, 6.45) is 0.722. The zero-order chi connectivity index (χ0) is 27.8. The number of hydrogen-bond acceptors (Lipinski definition) is 4. The number of anilines is 2. The van der Waals surface area contributed by atoms with E-state index in [4.69, 9.17) is 9.47 Å². The summed E-state index contributed by atoms with van der Waals surface area (Å²) in [5.74, 6) is 1.16. The Morgan fingerprint density at radius 3 is 1.74 bits per heavy atom. The quantitative estimate of drug-likeness (QED) is 0.208. The summed E-state index contributed by atoms with van der Waals surface area (Å²) < 4.78 is 26.6. The third kappa shape index (κ3) is 6.56. The van der Waals surface area contributed by atoms with Gasteiger partial charge in [-0.3, -0.25) is 9.69 Å². The molecule has 2 unspecified atom stereocenters. The van der Waals surface area contributed by atoms with Crippen LogP contribution >= 0.6 is 0 Å². The maximum Gasteiger partial charge on any atom is 0.254 e. The van der Waals surface area contributed by atoms with Gasteiger partial charge in [-0.2, -0.15) is 0 Å². The van der Waals surface area contributed by atoms with Crippen LogP contribution in [0.25, 0.3) is 0 Å². The predicted octanol–water partition coefficient (Wildman–Crippen LogP) is 6.85. The van der Waals surface area contributed by atoms with E-state index in [1.54, 1.807) is 23.4 Å². The molecule has 0 N–H and O–H groups in total. The van der Waals surface area contributed by atoms with Crippen molar-refractivity contribution in [2.24, 2.45) is 0 Å². The first-order valence-electron chi connectivity index (χ1n) is 12.9. The Morgan fingerprint density at radius 2 is 1.28 bits per heavy atom. The summed E-state index contributed by atoms with van der Waals surface area (Å²) in [5, 5.41) is 0. The van der Waals surface area contributed by atoms with Gasteiger partial charge in [0.05, 0.1) is 19.1 Å². The van der Waals surface area contributed by atoms with Crippen LogP contribution in [-0.4, -0.2) is 35.2 Å². The summed E-state index contributed by atoms with van der Waals surface area (Å²) in [4.78, 5) is 17.1. The number of benzene rings is 4. The molecule has 0 aliphatic rings. The maximum absolute atomic E-state index is 14.7. The van der Waals surface area contributed by atoms with Crippen LogP contribution in [0, 0.1) is 6.92 Å². The van der Waals surface area contributed by atoms with E-state index in [-0.39, 0.29) is 5.91 Å². The lowest BCUT2D eigenvalue weighted by molar-refractivity contribution is -0.121. The van der Waals surface area contributed by atoms with Crippen LogP contribution in [0.4, 0.5) is 11.4 Å². The van der Waals surface area contributed by atoms with Crippen molar-refractivity contribution >= 4 is 28.3 Å². The molecule has 0 bridgehead atoms. The highest BCUT2D eigenvalue weighted by atomic mass is 32.2. The monoisotopic (exact) mass is 542 g/mol. The normalized spacial score (nSPS) is 12.5. The van der Waals surface area contributed by atoms with Gasteiger partial charge in [0.1, 0.15) is 28.5 Å². The lowest BCUT2D eigenvalue weighted by Gasteiger charge is -2.34. The van der Waals surface area contributed by atoms with E-state index in [1.165, 1.54) is 0 Å². The lowest BCUT2D eigenvalue weighted by Crippen LogP contribution is -2.42. The molecule has 4 aromatic rings. The molecule has 0 aliphatic heterocycles. The minimum absolute atomic E-state index is 0.217. The zero-order valence-electron chi connectivity index (χ0n) is 22.7. The number of rotatable bonds is 11. The van der Waals surface area contributed by atoms with Gasteiger partial charge in [-0.15, -0.1) is 0 Å². The fourth-order valence-corrected chi connectivity index (χ4v) is 5.77. The Kier molecular flexibility index (Phi) is 9.52. The summed E-state index contributed by atoms with van der Waals surface area (Å²) in [7, 11) is 1.64. The molecule has 2 atom stereocenters. The van der Waals surface area contributed by atoms with E-state index in [2.05, 4.69) is 0 Å².